The fourth-order valence-corrected chi connectivity index (χ4v) is 2.89. The molecule has 1 aliphatic carbocycles. The third kappa shape index (κ3) is 7.16. The minimum Gasteiger partial charge on any atom is -0.444 e. The van der Waals surface area contributed by atoms with Crippen LogP contribution in [0.3, 0.4) is 0 Å². The molecule has 3 unspecified atom stereocenters. The van der Waals surface area contributed by atoms with E-state index in [9.17, 15) is 4.79 Å². The Balaban J connectivity index is 2.39. The first kappa shape index (κ1) is 18.3. The van der Waals surface area contributed by atoms with Crippen molar-refractivity contribution in [2.45, 2.75) is 84.9 Å². The minimum absolute atomic E-state index is 0.304. The van der Waals surface area contributed by atoms with E-state index in [2.05, 4.69) is 31.4 Å². The van der Waals surface area contributed by atoms with Crippen molar-refractivity contribution in [2.75, 3.05) is 6.54 Å². The molecule has 0 saturated heterocycles. The lowest BCUT2D eigenvalue weighted by atomic mass is 10.0. The summed E-state index contributed by atoms with van der Waals surface area (Å²) in [6.45, 7) is 12.9. The second-order valence-electron chi connectivity index (χ2n) is 7.68. The number of hydrogen-bond donors (Lipinski definition) is 2. The topological polar surface area (TPSA) is 50.4 Å². The molecule has 0 aromatic heterocycles. The SMILES string of the molecule is CCC1CCC(NC(CNC(=O)OC(C)(C)C)C(C)C)C1. The average Bonchev–Trinajstić information content (AvgIpc) is 2.79. The highest BCUT2D eigenvalue weighted by Crippen LogP contribution is 2.28. The van der Waals surface area contributed by atoms with Crippen molar-refractivity contribution in [2.24, 2.45) is 11.8 Å². The summed E-state index contributed by atoms with van der Waals surface area (Å²) >= 11 is 0. The zero-order valence-electron chi connectivity index (χ0n) is 14.7. The van der Waals surface area contributed by atoms with Crippen molar-refractivity contribution < 1.29 is 9.53 Å². The molecule has 0 bridgehead atoms. The van der Waals surface area contributed by atoms with Crippen LogP contribution in [0.5, 0.6) is 0 Å². The van der Waals surface area contributed by atoms with E-state index < -0.39 is 5.60 Å². The van der Waals surface area contributed by atoms with Crippen molar-refractivity contribution in [3.05, 3.63) is 0 Å². The van der Waals surface area contributed by atoms with Gasteiger partial charge in [0.1, 0.15) is 5.60 Å². The summed E-state index contributed by atoms with van der Waals surface area (Å²) < 4.78 is 5.29. The highest BCUT2D eigenvalue weighted by atomic mass is 16.6. The average molecular weight is 298 g/mol. The van der Waals surface area contributed by atoms with Crippen LogP contribution in [0, 0.1) is 11.8 Å². The van der Waals surface area contributed by atoms with Crippen LogP contribution in [-0.2, 0) is 4.74 Å². The molecule has 3 atom stereocenters. The van der Waals surface area contributed by atoms with Crippen molar-refractivity contribution in [1.82, 2.24) is 10.6 Å². The lowest BCUT2D eigenvalue weighted by molar-refractivity contribution is 0.0518. The van der Waals surface area contributed by atoms with Crippen LogP contribution in [0.25, 0.3) is 0 Å². The molecule has 0 heterocycles. The molecule has 0 aromatic carbocycles. The Morgan fingerprint density at radius 2 is 1.95 bits per heavy atom. The lowest BCUT2D eigenvalue weighted by Crippen LogP contribution is -2.48. The third-order valence-corrected chi connectivity index (χ3v) is 4.24. The number of hydrogen-bond acceptors (Lipinski definition) is 3. The minimum atomic E-state index is -0.440. The van der Waals surface area contributed by atoms with Gasteiger partial charge in [0, 0.05) is 18.6 Å². The number of ether oxygens (including phenoxy) is 1. The highest BCUT2D eigenvalue weighted by Gasteiger charge is 2.27. The van der Waals surface area contributed by atoms with Gasteiger partial charge in [0.25, 0.3) is 0 Å². The van der Waals surface area contributed by atoms with Gasteiger partial charge in [-0.2, -0.15) is 0 Å². The highest BCUT2D eigenvalue weighted by molar-refractivity contribution is 5.67. The van der Waals surface area contributed by atoms with E-state index in [1.54, 1.807) is 0 Å². The fourth-order valence-electron chi connectivity index (χ4n) is 2.89. The van der Waals surface area contributed by atoms with Crippen LogP contribution in [0.1, 0.15) is 67.2 Å². The number of alkyl carbamates (subject to hydrolysis) is 1. The molecule has 1 aliphatic rings. The van der Waals surface area contributed by atoms with Crippen molar-refractivity contribution >= 4 is 6.09 Å². The summed E-state index contributed by atoms with van der Waals surface area (Å²) in [6.07, 6.45) is 4.81. The Hall–Kier alpha value is -0.770. The molecule has 2 N–H and O–H groups in total. The van der Waals surface area contributed by atoms with E-state index >= 15 is 0 Å². The zero-order valence-corrected chi connectivity index (χ0v) is 14.7. The molecule has 124 valence electrons. The first-order chi connectivity index (χ1) is 9.71. The summed E-state index contributed by atoms with van der Waals surface area (Å²) in [7, 11) is 0. The fraction of sp³-hybridized carbons (Fsp3) is 0.941. The Kier molecular flexibility index (Phi) is 6.98. The molecular formula is C17H34N2O2. The molecule has 1 amide bonds. The molecule has 1 fully saturated rings. The van der Waals surface area contributed by atoms with E-state index in [0.29, 0.717) is 24.5 Å². The molecule has 0 aromatic rings. The zero-order chi connectivity index (χ0) is 16.0. The quantitative estimate of drug-likeness (QED) is 0.786. The molecule has 1 rings (SSSR count). The van der Waals surface area contributed by atoms with Crippen LogP contribution in [-0.4, -0.2) is 30.3 Å². The first-order valence-electron chi connectivity index (χ1n) is 8.44. The van der Waals surface area contributed by atoms with Crippen LogP contribution in [0.4, 0.5) is 4.79 Å². The summed E-state index contributed by atoms with van der Waals surface area (Å²) in [4.78, 5) is 11.8. The van der Waals surface area contributed by atoms with Gasteiger partial charge in [-0.3, -0.25) is 0 Å². The van der Waals surface area contributed by atoms with E-state index in [1.807, 2.05) is 20.8 Å². The van der Waals surface area contributed by atoms with E-state index in [4.69, 9.17) is 4.74 Å². The van der Waals surface area contributed by atoms with Crippen LogP contribution in [0.2, 0.25) is 0 Å². The monoisotopic (exact) mass is 298 g/mol. The molecular weight excluding hydrogens is 264 g/mol. The largest absolute Gasteiger partial charge is 0.444 e. The Morgan fingerprint density at radius 1 is 1.29 bits per heavy atom. The Bertz CT molecular complexity index is 323. The van der Waals surface area contributed by atoms with Gasteiger partial charge >= 0.3 is 6.09 Å². The predicted molar refractivity (Wildman–Crippen MR) is 87.4 cm³/mol. The lowest BCUT2D eigenvalue weighted by Gasteiger charge is -2.27. The van der Waals surface area contributed by atoms with Crippen molar-refractivity contribution in [3.8, 4) is 0 Å². The molecule has 1 saturated carbocycles. The Labute approximate surface area is 130 Å². The van der Waals surface area contributed by atoms with Gasteiger partial charge in [-0.05, 0) is 51.9 Å². The maximum atomic E-state index is 11.8. The third-order valence-electron chi connectivity index (χ3n) is 4.24. The number of nitrogens with one attached hydrogen (secondary N) is 2. The van der Waals surface area contributed by atoms with Gasteiger partial charge in [0.15, 0.2) is 0 Å². The number of carbonyl (C=O) groups excluding carboxylic acids is 1. The molecule has 0 spiro atoms. The molecule has 0 radical (unpaired) electrons. The van der Waals surface area contributed by atoms with Crippen LogP contribution < -0.4 is 10.6 Å². The first-order valence-corrected chi connectivity index (χ1v) is 8.44. The maximum Gasteiger partial charge on any atom is 0.407 e. The van der Waals surface area contributed by atoms with Gasteiger partial charge in [0.2, 0.25) is 0 Å². The van der Waals surface area contributed by atoms with Gasteiger partial charge in [0.05, 0.1) is 0 Å². The smallest absolute Gasteiger partial charge is 0.407 e. The standard InChI is InChI=1S/C17H34N2O2/c1-7-13-8-9-14(10-13)19-15(12(2)3)11-18-16(20)21-17(4,5)6/h12-15,19H,7-11H2,1-6H3,(H,18,20). The number of rotatable bonds is 6. The second-order valence-corrected chi connectivity index (χ2v) is 7.68. The summed E-state index contributed by atoms with van der Waals surface area (Å²) in [5, 5.41) is 6.62. The number of carbonyl (C=O) groups is 1. The summed E-state index contributed by atoms with van der Waals surface area (Å²) in [6, 6.07) is 0.904. The van der Waals surface area contributed by atoms with Crippen molar-refractivity contribution in [1.29, 1.82) is 0 Å². The van der Waals surface area contributed by atoms with E-state index in [0.717, 1.165) is 5.92 Å². The second kappa shape index (κ2) is 8.02. The summed E-state index contributed by atoms with van der Waals surface area (Å²) in [5.41, 5.74) is -0.440. The molecule has 4 nitrogen and oxygen atoms in total. The van der Waals surface area contributed by atoms with Crippen LogP contribution >= 0.6 is 0 Å². The van der Waals surface area contributed by atoms with Crippen LogP contribution in [0.15, 0.2) is 0 Å². The van der Waals surface area contributed by atoms with Gasteiger partial charge in [-0.25, -0.2) is 4.79 Å². The molecule has 4 heteroatoms. The van der Waals surface area contributed by atoms with E-state index in [-0.39, 0.29) is 6.09 Å². The van der Waals surface area contributed by atoms with E-state index in [1.165, 1.54) is 25.7 Å². The molecule has 21 heavy (non-hydrogen) atoms. The Morgan fingerprint density at radius 3 is 2.43 bits per heavy atom. The maximum absolute atomic E-state index is 11.8. The normalized spacial score (nSPS) is 24.1. The van der Waals surface area contributed by atoms with Gasteiger partial charge < -0.3 is 15.4 Å². The van der Waals surface area contributed by atoms with Crippen molar-refractivity contribution in [3.63, 3.8) is 0 Å². The van der Waals surface area contributed by atoms with Gasteiger partial charge in [-0.15, -0.1) is 0 Å². The predicted octanol–water partition coefficient (Wildman–Crippen LogP) is 3.70. The summed E-state index contributed by atoms with van der Waals surface area (Å²) in [5.74, 6) is 1.36. The number of amides is 1. The molecule has 0 aliphatic heterocycles. The van der Waals surface area contributed by atoms with Gasteiger partial charge in [-0.1, -0.05) is 27.2 Å².